The number of rotatable bonds is 9. The Morgan fingerprint density at radius 3 is 2.41 bits per heavy atom. The number of carbonyl (C=O) groups is 1. The molecule has 0 aromatic rings. The molecule has 0 bridgehead atoms. The Morgan fingerprint density at radius 2 is 1.88 bits per heavy atom. The lowest BCUT2D eigenvalue weighted by Crippen LogP contribution is -2.41. The van der Waals surface area contributed by atoms with Gasteiger partial charge in [0.15, 0.2) is 0 Å². The fourth-order valence-corrected chi connectivity index (χ4v) is 1.72. The van der Waals surface area contributed by atoms with Gasteiger partial charge in [-0.1, -0.05) is 40.0 Å². The highest BCUT2D eigenvalue weighted by Crippen LogP contribution is 2.08. The van der Waals surface area contributed by atoms with E-state index in [1.54, 1.807) is 0 Å². The van der Waals surface area contributed by atoms with E-state index >= 15 is 0 Å². The van der Waals surface area contributed by atoms with E-state index in [0.717, 1.165) is 13.0 Å². The summed E-state index contributed by atoms with van der Waals surface area (Å²) in [5.74, 6) is 0.796. The topological polar surface area (TPSA) is 32.3 Å². The maximum atomic E-state index is 11.9. The lowest BCUT2D eigenvalue weighted by molar-refractivity contribution is -0.130. The molecule has 0 saturated heterocycles. The Morgan fingerprint density at radius 1 is 1.24 bits per heavy atom. The molecule has 1 amide bonds. The SMILES string of the molecule is CCCCC[C@@H](C)N(C)C(=O)CNCC(C)C. The zero-order chi connectivity index (χ0) is 13.3. The molecule has 1 N–H and O–H groups in total. The van der Waals surface area contributed by atoms with Crippen molar-refractivity contribution in [3.05, 3.63) is 0 Å². The third kappa shape index (κ3) is 8.19. The quantitative estimate of drug-likeness (QED) is 0.630. The standard InChI is InChI=1S/C14H30N2O/c1-6-7-8-9-13(4)16(5)14(17)11-15-10-12(2)3/h12-13,15H,6-11H2,1-5H3/t13-/m1/s1. The molecule has 0 aliphatic heterocycles. The number of nitrogens with one attached hydrogen (secondary N) is 1. The van der Waals surface area contributed by atoms with Crippen molar-refractivity contribution < 1.29 is 4.79 Å². The minimum Gasteiger partial charge on any atom is -0.342 e. The predicted molar refractivity (Wildman–Crippen MR) is 74.1 cm³/mol. The lowest BCUT2D eigenvalue weighted by Gasteiger charge is -2.25. The summed E-state index contributed by atoms with van der Waals surface area (Å²) in [6, 6.07) is 0.356. The van der Waals surface area contributed by atoms with E-state index in [-0.39, 0.29) is 5.91 Å². The van der Waals surface area contributed by atoms with Crippen LogP contribution < -0.4 is 5.32 Å². The number of unbranched alkanes of at least 4 members (excludes halogenated alkanes) is 2. The van der Waals surface area contributed by atoms with Gasteiger partial charge < -0.3 is 10.2 Å². The smallest absolute Gasteiger partial charge is 0.236 e. The first-order valence-corrected chi connectivity index (χ1v) is 6.95. The van der Waals surface area contributed by atoms with Crippen LogP contribution in [0, 0.1) is 5.92 Å². The minimum atomic E-state index is 0.203. The molecule has 1 atom stereocenters. The second kappa shape index (κ2) is 9.46. The Bertz CT molecular complexity index is 204. The largest absolute Gasteiger partial charge is 0.342 e. The summed E-state index contributed by atoms with van der Waals surface area (Å²) in [6.07, 6.45) is 4.83. The van der Waals surface area contributed by atoms with Gasteiger partial charge in [-0.3, -0.25) is 4.79 Å². The Balaban J connectivity index is 3.78. The van der Waals surface area contributed by atoms with E-state index in [1.807, 2.05) is 11.9 Å². The molecule has 0 aromatic heterocycles. The molecule has 102 valence electrons. The number of carbonyl (C=O) groups excluding carboxylic acids is 1. The average molecular weight is 242 g/mol. The Labute approximate surface area is 107 Å². The van der Waals surface area contributed by atoms with Crippen molar-refractivity contribution in [3.63, 3.8) is 0 Å². The molecule has 0 unspecified atom stereocenters. The summed E-state index contributed by atoms with van der Waals surface area (Å²) < 4.78 is 0. The molecule has 0 spiro atoms. The normalized spacial score (nSPS) is 12.8. The zero-order valence-electron chi connectivity index (χ0n) is 12.3. The van der Waals surface area contributed by atoms with Crippen molar-refractivity contribution in [2.75, 3.05) is 20.1 Å². The van der Waals surface area contributed by atoms with Gasteiger partial charge in [0.05, 0.1) is 6.54 Å². The minimum absolute atomic E-state index is 0.203. The maximum Gasteiger partial charge on any atom is 0.236 e. The van der Waals surface area contributed by atoms with Crippen molar-refractivity contribution in [1.29, 1.82) is 0 Å². The number of nitrogens with zero attached hydrogens (tertiary/aromatic N) is 1. The first-order chi connectivity index (χ1) is 7.99. The van der Waals surface area contributed by atoms with Crippen molar-refractivity contribution in [2.24, 2.45) is 5.92 Å². The van der Waals surface area contributed by atoms with Crippen LogP contribution in [0.4, 0.5) is 0 Å². The van der Waals surface area contributed by atoms with Crippen LogP contribution in [-0.2, 0) is 4.79 Å². The number of likely N-dealkylation sites (N-methyl/N-ethyl adjacent to an activating group) is 1. The van der Waals surface area contributed by atoms with Gasteiger partial charge >= 0.3 is 0 Å². The van der Waals surface area contributed by atoms with Gasteiger partial charge in [0, 0.05) is 13.1 Å². The summed E-state index contributed by atoms with van der Waals surface area (Å²) in [7, 11) is 1.91. The molecule has 0 aromatic carbocycles. The van der Waals surface area contributed by atoms with Gasteiger partial charge in [-0.05, 0) is 25.8 Å². The second-order valence-corrected chi connectivity index (χ2v) is 5.37. The second-order valence-electron chi connectivity index (χ2n) is 5.37. The molecule has 3 heteroatoms. The first-order valence-electron chi connectivity index (χ1n) is 6.95. The molecular formula is C14H30N2O. The highest BCUT2D eigenvalue weighted by Gasteiger charge is 2.14. The van der Waals surface area contributed by atoms with E-state index < -0.39 is 0 Å². The Hall–Kier alpha value is -0.570. The van der Waals surface area contributed by atoms with Crippen LogP contribution in [-0.4, -0.2) is 37.0 Å². The fraction of sp³-hybridized carbons (Fsp3) is 0.929. The van der Waals surface area contributed by atoms with Crippen LogP contribution in [0.25, 0.3) is 0 Å². The molecule has 17 heavy (non-hydrogen) atoms. The fourth-order valence-electron chi connectivity index (χ4n) is 1.72. The van der Waals surface area contributed by atoms with Crippen molar-refractivity contribution >= 4 is 5.91 Å². The van der Waals surface area contributed by atoms with Crippen LogP contribution in [0.1, 0.15) is 53.4 Å². The molecule has 0 heterocycles. The highest BCUT2D eigenvalue weighted by atomic mass is 16.2. The predicted octanol–water partition coefficient (Wildman–Crippen LogP) is 2.66. The third-order valence-electron chi connectivity index (χ3n) is 3.11. The molecular weight excluding hydrogens is 212 g/mol. The third-order valence-corrected chi connectivity index (χ3v) is 3.11. The summed E-state index contributed by atoms with van der Waals surface area (Å²) in [6.45, 7) is 10.0. The summed E-state index contributed by atoms with van der Waals surface area (Å²) >= 11 is 0. The van der Waals surface area contributed by atoms with Gasteiger partial charge in [0.25, 0.3) is 0 Å². The van der Waals surface area contributed by atoms with E-state index in [1.165, 1.54) is 19.3 Å². The molecule has 0 radical (unpaired) electrons. The first kappa shape index (κ1) is 16.4. The van der Waals surface area contributed by atoms with Gasteiger partial charge in [0.1, 0.15) is 0 Å². The van der Waals surface area contributed by atoms with Crippen LogP contribution in [0.15, 0.2) is 0 Å². The van der Waals surface area contributed by atoms with Crippen LogP contribution in [0.5, 0.6) is 0 Å². The lowest BCUT2D eigenvalue weighted by atomic mass is 10.1. The number of amides is 1. The summed E-state index contributed by atoms with van der Waals surface area (Å²) in [4.78, 5) is 13.7. The highest BCUT2D eigenvalue weighted by molar-refractivity contribution is 5.78. The van der Waals surface area contributed by atoms with Crippen molar-refractivity contribution in [2.45, 2.75) is 59.4 Å². The molecule has 0 aliphatic carbocycles. The van der Waals surface area contributed by atoms with Gasteiger partial charge in [-0.2, -0.15) is 0 Å². The van der Waals surface area contributed by atoms with Gasteiger partial charge in [-0.25, -0.2) is 0 Å². The molecule has 3 nitrogen and oxygen atoms in total. The average Bonchev–Trinajstić information content (AvgIpc) is 2.27. The van der Waals surface area contributed by atoms with E-state index in [2.05, 4.69) is 33.0 Å². The van der Waals surface area contributed by atoms with E-state index in [0.29, 0.717) is 18.5 Å². The molecule has 0 rings (SSSR count). The van der Waals surface area contributed by atoms with Crippen LogP contribution in [0.3, 0.4) is 0 Å². The summed E-state index contributed by atoms with van der Waals surface area (Å²) in [5.41, 5.74) is 0. The van der Waals surface area contributed by atoms with E-state index in [4.69, 9.17) is 0 Å². The maximum absolute atomic E-state index is 11.9. The zero-order valence-corrected chi connectivity index (χ0v) is 12.3. The van der Waals surface area contributed by atoms with Crippen LogP contribution in [0.2, 0.25) is 0 Å². The number of hydrogen-bond acceptors (Lipinski definition) is 2. The molecule has 0 fully saturated rings. The van der Waals surface area contributed by atoms with Crippen molar-refractivity contribution in [3.8, 4) is 0 Å². The Kier molecular flexibility index (Phi) is 9.14. The summed E-state index contributed by atoms with van der Waals surface area (Å²) in [5, 5.41) is 3.20. The molecule has 0 saturated carbocycles. The monoisotopic (exact) mass is 242 g/mol. The van der Waals surface area contributed by atoms with E-state index in [9.17, 15) is 4.79 Å². The van der Waals surface area contributed by atoms with Crippen molar-refractivity contribution in [1.82, 2.24) is 10.2 Å². The molecule has 0 aliphatic rings. The van der Waals surface area contributed by atoms with Gasteiger partial charge in [0.2, 0.25) is 5.91 Å². The number of hydrogen-bond donors (Lipinski definition) is 1. The van der Waals surface area contributed by atoms with Gasteiger partial charge in [-0.15, -0.1) is 0 Å². The van der Waals surface area contributed by atoms with Crippen LogP contribution >= 0.6 is 0 Å².